The number of carboxylic acid groups (broad SMARTS) is 1. The molecule has 1 aliphatic rings. The van der Waals surface area contributed by atoms with E-state index in [0.717, 1.165) is 0 Å². The summed E-state index contributed by atoms with van der Waals surface area (Å²) in [5.74, 6) is -1.32. The van der Waals surface area contributed by atoms with Crippen molar-refractivity contribution in [2.45, 2.75) is 53.0 Å². The first-order valence-electron chi connectivity index (χ1n) is 7.42. The number of rotatable bonds is 5. The summed E-state index contributed by atoms with van der Waals surface area (Å²) >= 11 is 0. The molecule has 3 unspecified atom stereocenters. The lowest BCUT2D eigenvalue weighted by atomic mass is 9.61. The Labute approximate surface area is 125 Å². The Morgan fingerprint density at radius 1 is 1.24 bits per heavy atom. The minimum absolute atomic E-state index is 0.0135. The van der Waals surface area contributed by atoms with E-state index in [1.165, 1.54) is 6.92 Å². The first-order valence-corrected chi connectivity index (χ1v) is 7.42. The second-order valence-electron chi connectivity index (χ2n) is 6.49. The van der Waals surface area contributed by atoms with E-state index in [4.69, 9.17) is 0 Å². The molecule has 0 radical (unpaired) electrons. The lowest BCUT2D eigenvalue weighted by molar-refractivity contribution is -0.150. The number of nitrogens with one attached hydrogen (secondary N) is 2. The van der Waals surface area contributed by atoms with Crippen LogP contribution in [-0.2, 0) is 14.4 Å². The summed E-state index contributed by atoms with van der Waals surface area (Å²) in [5.41, 5.74) is -0.361. The van der Waals surface area contributed by atoms with Crippen molar-refractivity contribution in [2.24, 2.45) is 17.3 Å². The summed E-state index contributed by atoms with van der Waals surface area (Å²) in [6, 6.07) is -0.0135. The minimum Gasteiger partial charge on any atom is -0.481 e. The van der Waals surface area contributed by atoms with Gasteiger partial charge in [-0.25, -0.2) is 0 Å². The van der Waals surface area contributed by atoms with E-state index in [0.29, 0.717) is 19.4 Å². The molecule has 3 atom stereocenters. The molecule has 120 valence electrons. The molecule has 0 aromatic rings. The van der Waals surface area contributed by atoms with E-state index >= 15 is 0 Å². The average Bonchev–Trinajstić information content (AvgIpc) is 2.34. The third kappa shape index (κ3) is 4.44. The van der Waals surface area contributed by atoms with Crippen molar-refractivity contribution < 1.29 is 19.5 Å². The fourth-order valence-electron chi connectivity index (χ4n) is 3.07. The summed E-state index contributed by atoms with van der Waals surface area (Å²) in [6.07, 6.45) is 1.49. The van der Waals surface area contributed by atoms with E-state index in [9.17, 15) is 19.5 Å². The predicted molar refractivity (Wildman–Crippen MR) is 78.5 cm³/mol. The van der Waals surface area contributed by atoms with E-state index in [2.05, 4.69) is 10.6 Å². The molecule has 2 amide bonds. The monoisotopic (exact) mass is 298 g/mol. The Bertz CT molecular complexity index is 420. The molecule has 0 aromatic carbocycles. The van der Waals surface area contributed by atoms with Crippen LogP contribution in [0.5, 0.6) is 0 Å². The van der Waals surface area contributed by atoms with Crippen LogP contribution >= 0.6 is 0 Å². The zero-order chi connectivity index (χ0) is 16.2. The average molecular weight is 298 g/mol. The van der Waals surface area contributed by atoms with Crippen LogP contribution < -0.4 is 10.6 Å². The molecule has 1 saturated carbocycles. The minimum atomic E-state index is -0.762. The Morgan fingerprint density at radius 2 is 1.86 bits per heavy atom. The van der Waals surface area contributed by atoms with Crippen molar-refractivity contribution >= 4 is 17.8 Å². The van der Waals surface area contributed by atoms with E-state index < -0.39 is 5.97 Å². The lowest BCUT2D eigenvalue weighted by Crippen LogP contribution is -2.52. The van der Waals surface area contributed by atoms with Crippen molar-refractivity contribution in [1.82, 2.24) is 10.6 Å². The van der Waals surface area contributed by atoms with Crippen molar-refractivity contribution in [1.29, 1.82) is 0 Å². The summed E-state index contributed by atoms with van der Waals surface area (Å²) in [5, 5.41) is 14.9. The first-order chi connectivity index (χ1) is 9.66. The number of carbonyl (C=O) groups is 3. The van der Waals surface area contributed by atoms with Crippen LogP contribution in [0.4, 0.5) is 0 Å². The van der Waals surface area contributed by atoms with Gasteiger partial charge in [0.2, 0.25) is 11.8 Å². The molecule has 1 rings (SSSR count). The fraction of sp³-hybridized carbons (Fsp3) is 0.800. The molecule has 6 heteroatoms. The number of amides is 2. The van der Waals surface area contributed by atoms with Crippen LogP contribution in [-0.4, -0.2) is 35.5 Å². The molecule has 1 fully saturated rings. The Balaban J connectivity index is 2.56. The maximum Gasteiger partial charge on any atom is 0.307 e. The number of carboxylic acids is 1. The first kappa shape index (κ1) is 17.5. The van der Waals surface area contributed by atoms with Gasteiger partial charge >= 0.3 is 5.97 Å². The largest absolute Gasteiger partial charge is 0.481 e. The van der Waals surface area contributed by atoms with Crippen molar-refractivity contribution in [3.8, 4) is 0 Å². The fourth-order valence-corrected chi connectivity index (χ4v) is 3.07. The van der Waals surface area contributed by atoms with Gasteiger partial charge in [0.1, 0.15) is 0 Å². The van der Waals surface area contributed by atoms with Gasteiger partial charge < -0.3 is 15.7 Å². The van der Waals surface area contributed by atoms with Crippen LogP contribution in [0, 0.1) is 17.3 Å². The molecule has 21 heavy (non-hydrogen) atoms. The van der Waals surface area contributed by atoms with Gasteiger partial charge in [-0.3, -0.25) is 14.4 Å². The number of carbonyl (C=O) groups excluding carboxylic acids is 2. The van der Waals surface area contributed by atoms with Crippen molar-refractivity contribution in [2.75, 3.05) is 6.54 Å². The van der Waals surface area contributed by atoms with Crippen molar-refractivity contribution in [3.63, 3.8) is 0 Å². The van der Waals surface area contributed by atoms with Crippen LogP contribution in [0.15, 0.2) is 0 Å². The zero-order valence-corrected chi connectivity index (χ0v) is 13.2. The van der Waals surface area contributed by atoms with Gasteiger partial charge in [0.25, 0.3) is 0 Å². The molecule has 0 saturated heterocycles. The summed E-state index contributed by atoms with van der Waals surface area (Å²) in [4.78, 5) is 34.0. The normalized spacial score (nSPS) is 27.7. The van der Waals surface area contributed by atoms with E-state index in [1.807, 2.05) is 20.8 Å². The summed E-state index contributed by atoms with van der Waals surface area (Å²) < 4.78 is 0. The third-order valence-corrected chi connectivity index (χ3v) is 4.81. The molecule has 3 N–H and O–H groups in total. The van der Waals surface area contributed by atoms with Gasteiger partial charge in [-0.2, -0.15) is 0 Å². The number of hydrogen-bond acceptors (Lipinski definition) is 3. The highest BCUT2D eigenvalue weighted by Gasteiger charge is 2.46. The molecular formula is C15H26N2O4. The molecular weight excluding hydrogens is 272 g/mol. The molecule has 6 nitrogen and oxygen atoms in total. The van der Waals surface area contributed by atoms with Gasteiger partial charge in [-0.1, -0.05) is 20.8 Å². The summed E-state index contributed by atoms with van der Waals surface area (Å²) in [6.45, 7) is 7.63. The Hall–Kier alpha value is -1.59. The molecule has 1 aliphatic carbocycles. The van der Waals surface area contributed by atoms with Gasteiger partial charge in [-0.05, 0) is 24.2 Å². The lowest BCUT2D eigenvalue weighted by Gasteiger charge is -2.46. The maximum atomic E-state index is 11.9. The smallest absolute Gasteiger partial charge is 0.307 e. The van der Waals surface area contributed by atoms with Gasteiger partial charge in [0.15, 0.2) is 0 Å². The SMILES string of the molecule is CC(=O)NCCC(=O)NC1CCC(C(=O)O)C(C)(C)C1C. The van der Waals surface area contributed by atoms with Crippen LogP contribution in [0.1, 0.15) is 47.0 Å². The Morgan fingerprint density at radius 3 is 2.38 bits per heavy atom. The molecule has 0 bridgehead atoms. The van der Waals surface area contributed by atoms with Gasteiger partial charge in [0.05, 0.1) is 5.92 Å². The van der Waals surface area contributed by atoms with Gasteiger partial charge in [0, 0.05) is 25.9 Å². The second kappa shape index (κ2) is 6.91. The molecule has 0 aliphatic heterocycles. The highest BCUT2D eigenvalue weighted by molar-refractivity contribution is 5.78. The highest BCUT2D eigenvalue weighted by Crippen LogP contribution is 2.45. The van der Waals surface area contributed by atoms with Crippen LogP contribution in [0.25, 0.3) is 0 Å². The summed E-state index contributed by atoms with van der Waals surface area (Å²) in [7, 11) is 0. The number of aliphatic carboxylic acids is 1. The molecule has 0 aromatic heterocycles. The second-order valence-corrected chi connectivity index (χ2v) is 6.49. The highest BCUT2D eigenvalue weighted by atomic mass is 16.4. The number of hydrogen-bond donors (Lipinski definition) is 3. The predicted octanol–water partition coefficient (Wildman–Crippen LogP) is 1.15. The van der Waals surface area contributed by atoms with Gasteiger partial charge in [-0.15, -0.1) is 0 Å². The van der Waals surface area contributed by atoms with Crippen LogP contribution in [0.2, 0.25) is 0 Å². The van der Waals surface area contributed by atoms with Crippen LogP contribution in [0.3, 0.4) is 0 Å². The van der Waals surface area contributed by atoms with E-state index in [1.54, 1.807) is 0 Å². The molecule has 0 spiro atoms. The standard InChI is InChI=1S/C15H26N2O4/c1-9-12(17-13(19)7-8-16-10(2)18)6-5-11(14(20)21)15(9,3)4/h9,11-12H,5-8H2,1-4H3,(H,16,18)(H,17,19)(H,20,21). The zero-order valence-electron chi connectivity index (χ0n) is 13.2. The van der Waals surface area contributed by atoms with Crippen molar-refractivity contribution in [3.05, 3.63) is 0 Å². The van der Waals surface area contributed by atoms with E-state index in [-0.39, 0.29) is 41.5 Å². The molecule has 0 heterocycles. The third-order valence-electron chi connectivity index (χ3n) is 4.81. The topological polar surface area (TPSA) is 95.5 Å². The maximum absolute atomic E-state index is 11.9. The quantitative estimate of drug-likeness (QED) is 0.709. The Kier molecular flexibility index (Phi) is 5.75.